The van der Waals surface area contributed by atoms with Crippen LogP contribution in [-0.2, 0) is 0 Å². The van der Waals surface area contributed by atoms with Crippen LogP contribution in [0.1, 0.15) is 17.8 Å². The number of halogens is 1. The van der Waals surface area contributed by atoms with E-state index in [4.69, 9.17) is 11.6 Å². The Balaban J connectivity index is 2.32. The minimum absolute atomic E-state index is 0.231. The molecule has 0 aliphatic carbocycles. The fourth-order valence-electron chi connectivity index (χ4n) is 1.46. The van der Waals surface area contributed by atoms with E-state index < -0.39 is 0 Å². The van der Waals surface area contributed by atoms with Crippen molar-refractivity contribution in [2.75, 3.05) is 27.2 Å². The Morgan fingerprint density at radius 2 is 2.19 bits per heavy atom. The van der Waals surface area contributed by atoms with Gasteiger partial charge >= 0.3 is 0 Å². The molecular formula is C11H19ClN2OS. The zero-order valence-corrected chi connectivity index (χ0v) is 11.5. The van der Waals surface area contributed by atoms with Gasteiger partial charge in [0.15, 0.2) is 0 Å². The molecule has 0 aromatic carbocycles. The third kappa shape index (κ3) is 4.80. The first kappa shape index (κ1) is 13.9. The molecule has 1 heterocycles. The van der Waals surface area contributed by atoms with Gasteiger partial charge in [0.05, 0.1) is 10.4 Å². The molecule has 0 aliphatic heterocycles. The van der Waals surface area contributed by atoms with Gasteiger partial charge in [-0.25, -0.2) is 0 Å². The van der Waals surface area contributed by atoms with E-state index in [-0.39, 0.29) is 12.1 Å². The lowest BCUT2D eigenvalue weighted by molar-refractivity contribution is 0.132. The molecule has 0 aliphatic rings. The van der Waals surface area contributed by atoms with Crippen LogP contribution in [-0.4, -0.2) is 43.3 Å². The lowest BCUT2D eigenvalue weighted by Crippen LogP contribution is -2.35. The fraction of sp³-hybridized carbons (Fsp3) is 0.636. The molecular weight excluding hydrogens is 244 g/mol. The van der Waals surface area contributed by atoms with Gasteiger partial charge in [-0.3, -0.25) is 0 Å². The zero-order valence-electron chi connectivity index (χ0n) is 9.90. The first-order chi connectivity index (χ1) is 7.49. The van der Waals surface area contributed by atoms with E-state index in [1.807, 2.05) is 31.1 Å². The van der Waals surface area contributed by atoms with Crippen LogP contribution in [0.3, 0.4) is 0 Å². The van der Waals surface area contributed by atoms with Crippen LogP contribution >= 0.6 is 22.9 Å². The van der Waals surface area contributed by atoms with Crippen molar-refractivity contribution in [3.63, 3.8) is 0 Å². The van der Waals surface area contributed by atoms with Gasteiger partial charge in [0.2, 0.25) is 0 Å². The fourth-order valence-corrected chi connectivity index (χ4v) is 2.55. The van der Waals surface area contributed by atoms with Crippen LogP contribution in [0.25, 0.3) is 0 Å². The van der Waals surface area contributed by atoms with Crippen molar-refractivity contribution >= 4 is 22.9 Å². The molecule has 0 bridgehead atoms. The summed E-state index contributed by atoms with van der Waals surface area (Å²) in [5.41, 5.74) is 0. The maximum atomic E-state index is 9.69. The van der Waals surface area contributed by atoms with Gasteiger partial charge in [0, 0.05) is 24.0 Å². The molecule has 1 aromatic heterocycles. The lowest BCUT2D eigenvalue weighted by Gasteiger charge is -2.19. The van der Waals surface area contributed by atoms with Gasteiger partial charge in [-0.2, -0.15) is 0 Å². The Morgan fingerprint density at radius 1 is 1.50 bits per heavy atom. The molecule has 2 N–H and O–H groups in total. The van der Waals surface area contributed by atoms with E-state index in [2.05, 4.69) is 12.2 Å². The Hall–Kier alpha value is -0.130. The number of aliphatic hydroxyl groups is 1. The molecule has 1 aromatic rings. The highest BCUT2D eigenvalue weighted by atomic mass is 35.5. The average Bonchev–Trinajstić information content (AvgIpc) is 2.60. The van der Waals surface area contributed by atoms with E-state index in [0.29, 0.717) is 13.1 Å². The van der Waals surface area contributed by atoms with Crippen molar-refractivity contribution in [2.45, 2.75) is 19.1 Å². The van der Waals surface area contributed by atoms with E-state index in [0.717, 1.165) is 4.34 Å². The average molecular weight is 263 g/mol. The number of likely N-dealkylation sites (N-methyl/N-ethyl adjacent to an activating group) is 1. The van der Waals surface area contributed by atoms with Crippen LogP contribution in [0.5, 0.6) is 0 Å². The van der Waals surface area contributed by atoms with Crippen LogP contribution in [0.4, 0.5) is 0 Å². The second-order valence-electron chi connectivity index (χ2n) is 4.19. The Morgan fingerprint density at radius 3 is 2.69 bits per heavy atom. The molecule has 0 saturated carbocycles. The largest absolute Gasteiger partial charge is 0.390 e. The van der Waals surface area contributed by atoms with Gasteiger partial charge in [0.25, 0.3) is 0 Å². The summed E-state index contributed by atoms with van der Waals surface area (Å²) in [6, 6.07) is 4.15. The highest BCUT2D eigenvalue weighted by Crippen LogP contribution is 2.26. The molecule has 2 unspecified atom stereocenters. The van der Waals surface area contributed by atoms with Gasteiger partial charge in [0.1, 0.15) is 0 Å². The molecule has 0 fully saturated rings. The number of rotatable bonds is 6. The molecule has 0 radical (unpaired) electrons. The number of nitrogens with one attached hydrogen (secondary N) is 1. The summed E-state index contributed by atoms with van der Waals surface area (Å²) >= 11 is 7.44. The Kier molecular flexibility index (Phi) is 5.72. The second kappa shape index (κ2) is 6.57. The standard InChI is InChI=1S/C11H19ClN2OS/c1-8(10-4-5-11(12)16-10)13-6-9(15)7-14(2)3/h4-5,8-9,13,15H,6-7H2,1-3H3. The summed E-state index contributed by atoms with van der Waals surface area (Å²) in [7, 11) is 3.90. The molecule has 0 spiro atoms. The van der Waals surface area contributed by atoms with Gasteiger partial charge in [-0.1, -0.05) is 11.6 Å². The van der Waals surface area contributed by atoms with Crippen LogP contribution < -0.4 is 5.32 Å². The van der Waals surface area contributed by atoms with Crippen molar-refractivity contribution < 1.29 is 5.11 Å². The first-order valence-corrected chi connectivity index (χ1v) is 6.50. The predicted octanol–water partition coefficient (Wildman–Crippen LogP) is 1.97. The lowest BCUT2D eigenvalue weighted by atomic mass is 10.2. The van der Waals surface area contributed by atoms with Crippen molar-refractivity contribution in [2.24, 2.45) is 0 Å². The third-order valence-electron chi connectivity index (χ3n) is 2.26. The van der Waals surface area contributed by atoms with Gasteiger partial charge in [-0.15, -0.1) is 11.3 Å². The monoisotopic (exact) mass is 262 g/mol. The predicted molar refractivity (Wildman–Crippen MR) is 70.3 cm³/mol. The number of hydrogen-bond donors (Lipinski definition) is 2. The SMILES string of the molecule is CC(NCC(O)CN(C)C)c1ccc(Cl)s1. The second-order valence-corrected chi connectivity index (χ2v) is 5.93. The highest BCUT2D eigenvalue weighted by molar-refractivity contribution is 7.16. The molecule has 3 nitrogen and oxygen atoms in total. The molecule has 92 valence electrons. The minimum atomic E-state index is -0.340. The third-order valence-corrected chi connectivity index (χ3v) is 3.67. The van der Waals surface area contributed by atoms with E-state index in [1.165, 1.54) is 4.88 Å². The van der Waals surface area contributed by atoms with Crippen molar-refractivity contribution in [1.29, 1.82) is 0 Å². The molecule has 16 heavy (non-hydrogen) atoms. The zero-order chi connectivity index (χ0) is 12.1. The summed E-state index contributed by atoms with van der Waals surface area (Å²) < 4.78 is 0.803. The van der Waals surface area contributed by atoms with E-state index in [9.17, 15) is 5.11 Å². The van der Waals surface area contributed by atoms with E-state index >= 15 is 0 Å². The Labute approximate surface area is 106 Å². The number of aliphatic hydroxyl groups excluding tert-OH is 1. The maximum absolute atomic E-state index is 9.69. The Bertz CT molecular complexity index is 317. The molecule has 5 heteroatoms. The quantitative estimate of drug-likeness (QED) is 0.823. The first-order valence-electron chi connectivity index (χ1n) is 5.30. The van der Waals surface area contributed by atoms with E-state index in [1.54, 1.807) is 11.3 Å². The van der Waals surface area contributed by atoms with Gasteiger partial charge < -0.3 is 15.3 Å². The topological polar surface area (TPSA) is 35.5 Å². The summed E-state index contributed by atoms with van der Waals surface area (Å²) in [5, 5.41) is 13.0. The molecule has 2 atom stereocenters. The summed E-state index contributed by atoms with van der Waals surface area (Å²) in [6.45, 7) is 3.34. The van der Waals surface area contributed by atoms with Gasteiger partial charge in [-0.05, 0) is 33.2 Å². The maximum Gasteiger partial charge on any atom is 0.0931 e. The summed E-state index contributed by atoms with van der Waals surface area (Å²) in [4.78, 5) is 3.17. The summed E-state index contributed by atoms with van der Waals surface area (Å²) in [5.74, 6) is 0. The molecule has 1 rings (SSSR count). The smallest absolute Gasteiger partial charge is 0.0931 e. The van der Waals surface area contributed by atoms with Crippen molar-refractivity contribution in [1.82, 2.24) is 10.2 Å². The normalized spacial score (nSPS) is 15.4. The van der Waals surface area contributed by atoms with Crippen LogP contribution in [0.15, 0.2) is 12.1 Å². The number of nitrogens with zero attached hydrogens (tertiary/aromatic N) is 1. The minimum Gasteiger partial charge on any atom is -0.390 e. The number of thiophene rings is 1. The van der Waals surface area contributed by atoms with Crippen LogP contribution in [0.2, 0.25) is 4.34 Å². The van der Waals surface area contributed by atoms with Crippen molar-refractivity contribution in [3.05, 3.63) is 21.3 Å². The highest BCUT2D eigenvalue weighted by Gasteiger charge is 2.10. The summed E-state index contributed by atoms with van der Waals surface area (Å²) in [6.07, 6.45) is -0.340. The van der Waals surface area contributed by atoms with Crippen LogP contribution in [0, 0.1) is 0 Å². The molecule has 0 amide bonds. The number of hydrogen-bond acceptors (Lipinski definition) is 4. The molecule has 0 saturated heterocycles. The van der Waals surface area contributed by atoms with Crippen molar-refractivity contribution in [3.8, 4) is 0 Å².